The van der Waals surface area contributed by atoms with Crippen molar-refractivity contribution in [3.05, 3.63) is 46.1 Å². The Kier molecular flexibility index (Phi) is 7.27. The van der Waals surface area contributed by atoms with Gasteiger partial charge >= 0.3 is 11.9 Å². The molecule has 0 fully saturated rings. The molecule has 0 bridgehead atoms. The maximum absolute atomic E-state index is 12.9. The number of fused-ring (bicyclic) bond motifs is 1. The highest BCUT2D eigenvalue weighted by atomic mass is 32.2. The highest BCUT2D eigenvalue weighted by Gasteiger charge is 2.28. The molecule has 1 aliphatic rings. The SMILES string of the molecule is COC(=O)c1c(NC(=O)COC(=O)CCSc2ccc(F)cc2)sc2c1CCC2. The number of aryl methyl sites for hydroxylation is 1. The number of amides is 1. The molecule has 2 aromatic rings. The van der Waals surface area contributed by atoms with Gasteiger partial charge < -0.3 is 14.8 Å². The first kappa shape index (κ1) is 21.3. The van der Waals surface area contributed by atoms with E-state index >= 15 is 0 Å². The molecule has 1 amide bonds. The molecule has 0 unspecified atom stereocenters. The minimum absolute atomic E-state index is 0.121. The molecule has 0 saturated heterocycles. The Morgan fingerprint density at radius 1 is 1.21 bits per heavy atom. The van der Waals surface area contributed by atoms with Gasteiger partial charge in [-0.05, 0) is 49.1 Å². The van der Waals surface area contributed by atoms with Crippen molar-refractivity contribution in [3.8, 4) is 0 Å². The number of benzene rings is 1. The van der Waals surface area contributed by atoms with E-state index in [0.717, 1.165) is 34.6 Å². The zero-order valence-electron chi connectivity index (χ0n) is 15.8. The molecule has 0 atom stereocenters. The van der Waals surface area contributed by atoms with E-state index in [1.807, 2.05) is 0 Å². The Morgan fingerprint density at radius 3 is 2.69 bits per heavy atom. The molecule has 6 nitrogen and oxygen atoms in total. The normalized spacial score (nSPS) is 12.3. The summed E-state index contributed by atoms with van der Waals surface area (Å²) in [6, 6.07) is 5.98. The molecule has 3 rings (SSSR count). The lowest BCUT2D eigenvalue weighted by atomic mass is 10.1. The number of hydrogen-bond donors (Lipinski definition) is 1. The van der Waals surface area contributed by atoms with E-state index in [0.29, 0.717) is 16.3 Å². The van der Waals surface area contributed by atoms with Crippen molar-refractivity contribution in [1.82, 2.24) is 0 Å². The van der Waals surface area contributed by atoms with Crippen LogP contribution in [0.2, 0.25) is 0 Å². The zero-order chi connectivity index (χ0) is 20.8. The van der Waals surface area contributed by atoms with Gasteiger partial charge in [-0.2, -0.15) is 0 Å². The lowest BCUT2D eigenvalue weighted by molar-refractivity contribution is -0.146. The van der Waals surface area contributed by atoms with Crippen LogP contribution in [0.5, 0.6) is 0 Å². The Morgan fingerprint density at radius 2 is 1.97 bits per heavy atom. The third-order valence-electron chi connectivity index (χ3n) is 4.32. The average Bonchev–Trinajstić information content (AvgIpc) is 3.28. The van der Waals surface area contributed by atoms with Crippen LogP contribution in [0, 0.1) is 5.82 Å². The molecule has 154 valence electrons. The second-order valence-electron chi connectivity index (χ2n) is 6.31. The molecule has 1 N–H and O–H groups in total. The van der Waals surface area contributed by atoms with Gasteiger partial charge in [0.25, 0.3) is 5.91 Å². The van der Waals surface area contributed by atoms with Crippen LogP contribution < -0.4 is 5.32 Å². The minimum atomic E-state index is -0.505. The van der Waals surface area contributed by atoms with E-state index in [-0.39, 0.29) is 12.2 Å². The largest absolute Gasteiger partial charge is 0.465 e. The number of carbonyl (C=O) groups is 3. The van der Waals surface area contributed by atoms with Crippen molar-refractivity contribution in [2.45, 2.75) is 30.6 Å². The lowest BCUT2D eigenvalue weighted by Crippen LogP contribution is -2.21. The van der Waals surface area contributed by atoms with Crippen LogP contribution in [0.3, 0.4) is 0 Å². The Bertz CT molecular complexity index is 910. The molecule has 1 heterocycles. The van der Waals surface area contributed by atoms with Crippen molar-refractivity contribution in [1.29, 1.82) is 0 Å². The summed E-state index contributed by atoms with van der Waals surface area (Å²) in [5, 5.41) is 3.10. The third-order valence-corrected chi connectivity index (χ3v) is 6.54. The van der Waals surface area contributed by atoms with E-state index in [9.17, 15) is 18.8 Å². The van der Waals surface area contributed by atoms with Gasteiger partial charge in [0.05, 0.1) is 19.1 Å². The van der Waals surface area contributed by atoms with Gasteiger partial charge in [0, 0.05) is 15.5 Å². The summed E-state index contributed by atoms with van der Waals surface area (Å²) >= 11 is 2.76. The number of nitrogens with one attached hydrogen (secondary N) is 1. The molecular formula is C20H20FNO5S2. The fourth-order valence-electron chi connectivity index (χ4n) is 2.97. The summed E-state index contributed by atoms with van der Waals surface area (Å²) in [6.07, 6.45) is 2.76. The Balaban J connectivity index is 1.46. The fourth-order valence-corrected chi connectivity index (χ4v) is 5.10. The van der Waals surface area contributed by atoms with Crippen LogP contribution in [0.25, 0.3) is 0 Å². The fraction of sp³-hybridized carbons (Fsp3) is 0.350. The van der Waals surface area contributed by atoms with E-state index < -0.39 is 24.5 Å². The number of rotatable bonds is 8. The van der Waals surface area contributed by atoms with Crippen LogP contribution in [0.4, 0.5) is 9.39 Å². The second kappa shape index (κ2) is 9.89. The predicted molar refractivity (Wildman–Crippen MR) is 109 cm³/mol. The van der Waals surface area contributed by atoms with Crippen molar-refractivity contribution < 1.29 is 28.2 Å². The van der Waals surface area contributed by atoms with Gasteiger partial charge in [-0.3, -0.25) is 9.59 Å². The number of methoxy groups -OCH3 is 1. The number of thioether (sulfide) groups is 1. The van der Waals surface area contributed by atoms with E-state index in [4.69, 9.17) is 9.47 Å². The molecule has 1 aliphatic carbocycles. The standard InChI is InChI=1S/C20H20FNO5S2/c1-26-20(25)18-14-3-2-4-15(14)29-19(18)22-16(23)11-27-17(24)9-10-28-13-7-5-12(21)6-8-13/h5-8H,2-4,9-11H2,1H3,(H,22,23). The van der Waals surface area contributed by atoms with E-state index in [1.165, 1.54) is 42.3 Å². The van der Waals surface area contributed by atoms with E-state index in [2.05, 4.69) is 5.32 Å². The number of anilines is 1. The van der Waals surface area contributed by atoms with Crippen molar-refractivity contribution in [3.63, 3.8) is 0 Å². The monoisotopic (exact) mass is 437 g/mol. The van der Waals surface area contributed by atoms with Crippen molar-refractivity contribution in [2.75, 3.05) is 24.8 Å². The first-order chi connectivity index (χ1) is 14.0. The van der Waals surface area contributed by atoms with Crippen molar-refractivity contribution >= 4 is 45.9 Å². The van der Waals surface area contributed by atoms with Gasteiger partial charge in [-0.25, -0.2) is 9.18 Å². The predicted octanol–water partition coefficient (Wildman–Crippen LogP) is 3.83. The molecule has 0 spiro atoms. The van der Waals surface area contributed by atoms with Crippen LogP contribution >= 0.6 is 23.1 Å². The van der Waals surface area contributed by atoms with Crippen LogP contribution in [0.15, 0.2) is 29.2 Å². The Hall–Kier alpha value is -2.39. The quantitative estimate of drug-likeness (QED) is 0.499. The molecule has 1 aromatic carbocycles. The highest BCUT2D eigenvalue weighted by molar-refractivity contribution is 7.99. The second-order valence-corrected chi connectivity index (χ2v) is 8.59. The Labute approximate surface area is 175 Å². The maximum atomic E-state index is 12.9. The first-order valence-electron chi connectivity index (χ1n) is 9.04. The summed E-state index contributed by atoms with van der Waals surface area (Å²) in [4.78, 5) is 38.0. The van der Waals surface area contributed by atoms with Gasteiger partial charge in [0.2, 0.25) is 0 Å². The van der Waals surface area contributed by atoms with Gasteiger partial charge in [0.1, 0.15) is 10.8 Å². The topological polar surface area (TPSA) is 81.7 Å². The minimum Gasteiger partial charge on any atom is -0.465 e. The lowest BCUT2D eigenvalue weighted by Gasteiger charge is -2.08. The third kappa shape index (κ3) is 5.57. The van der Waals surface area contributed by atoms with Crippen molar-refractivity contribution in [2.24, 2.45) is 0 Å². The van der Waals surface area contributed by atoms with Crippen LogP contribution in [-0.2, 0) is 31.9 Å². The summed E-state index contributed by atoms with van der Waals surface area (Å²) in [5.74, 6) is -1.34. The highest BCUT2D eigenvalue weighted by Crippen LogP contribution is 2.39. The number of hydrogen-bond acceptors (Lipinski definition) is 7. The number of thiophene rings is 1. The first-order valence-corrected chi connectivity index (χ1v) is 10.8. The van der Waals surface area contributed by atoms with E-state index in [1.54, 1.807) is 12.1 Å². The molecule has 0 radical (unpaired) electrons. The smallest absolute Gasteiger partial charge is 0.341 e. The molecule has 0 saturated carbocycles. The summed E-state index contributed by atoms with van der Waals surface area (Å²) in [7, 11) is 1.30. The average molecular weight is 438 g/mol. The number of carbonyl (C=O) groups excluding carboxylic acids is 3. The summed E-state index contributed by atoms with van der Waals surface area (Å²) in [5.41, 5.74) is 1.34. The number of ether oxygens (including phenoxy) is 2. The summed E-state index contributed by atoms with van der Waals surface area (Å²) in [6.45, 7) is -0.427. The van der Waals surface area contributed by atoms with Gasteiger partial charge in [-0.1, -0.05) is 0 Å². The van der Waals surface area contributed by atoms with Crippen LogP contribution in [0.1, 0.15) is 33.6 Å². The molecule has 9 heteroatoms. The molecule has 0 aliphatic heterocycles. The van der Waals surface area contributed by atoms with Gasteiger partial charge in [0.15, 0.2) is 6.61 Å². The molecular weight excluding hydrogens is 417 g/mol. The zero-order valence-corrected chi connectivity index (χ0v) is 17.4. The molecule has 29 heavy (non-hydrogen) atoms. The van der Waals surface area contributed by atoms with Crippen LogP contribution in [-0.4, -0.2) is 37.3 Å². The maximum Gasteiger partial charge on any atom is 0.341 e. The summed E-state index contributed by atoms with van der Waals surface area (Å²) < 4.78 is 22.7. The number of esters is 2. The molecule has 1 aromatic heterocycles. The van der Waals surface area contributed by atoms with Gasteiger partial charge in [-0.15, -0.1) is 23.1 Å². The number of halogens is 1.